The molecule has 0 aromatic rings. The zero-order chi connectivity index (χ0) is 11.1. The van der Waals surface area contributed by atoms with Gasteiger partial charge in [0.2, 0.25) is 0 Å². The second kappa shape index (κ2) is 6.07. The van der Waals surface area contributed by atoms with Gasteiger partial charge in [0.15, 0.2) is 0 Å². The first-order valence-electron chi connectivity index (χ1n) is 6.28. The van der Waals surface area contributed by atoms with Crippen LogP contribution in [0.5, 0.6) is 0 Å². The van der Waals surface area contributed by atoms with Crippen LogP contribution in [0, 0.1) is 35.0 Å². The quantitative estimate of drug-likeness (QED) is 0.526. The molecule has 16 heavy (non-hydrogen) atoms. The Bertz CT molecular complexity index is 180. The fourth-order valence-electron chi connectivity index (χ4n) is 2.47. The van der Waals surface area contributed by atoms with Gasteiger partial charge in [-0.25, -0.2) is 0 Å². The van der Waals surface area contributed by atoms with Gasteiger partial charge in [0.1, 0.15) is 0 Å². The molecule has 0 N–H and O–H groups in total. The first-order chi connectivity index (χ1) is 6.28. The number of hydrogen-bond donors (Lipinski definition) is 0. The van der Waals surface area contributed by atoms with Crippen LogP contribution in [0.2, 0.25) is 0 Å². The van der Waals surface area contributed by atoms with E-state index < -0.39 is 0 Å². The van der Waals surface area contributed by atoms with E-state index in [9.17, 15) is 0 Å². The van der Waals surface area contributed by atoms with E-state index >= 15 is 0 Å². The third-order valence-corrected chi connectivity index (χ3v) is 5.02. The zero-order valence-corrected chi connectivity index (χ0v) is 11.1. The van der Waals surface area contributed by atoms with Crippen LogP contribution in [0.15, 0.2) is 0 Å². The Hall–Kier alpha value is 0. The van der Waals surface area contributed by atoms with Crippen LogP contribution >= 0.6 is 0 Å². The topological polar surface area (TPSA) is 0 Å². The third kappa shape index (κ3) is 4.11. The molecule has 4 atom stereocenters. The lowest BCUT2D eigenvalue weighted by atomic mass is 10.1. The highest BCUT2D eigenvalue weighted by atomic mass is 14.6. The molecule has 0 aromatic carbocycles. The molecule has 100 valence electrons. The van der Waals surface area contributed by atoms with Gasteiger partial charge in [-0.15, -0.1) is 0 Å². The van der Waals surface area contributed by atoms with Crippen LogP contribution in [0.1, 0.15) is 69.7 Å². The molecule has 0 amide bonds. The van der Waals surface area contributed by atoms with E-state index in [1.165, 1.54) is 6.42 Å². The highest BCUT2D eigenvalue weighted by Gasteiger charge is 2.50. The molecule has 0 aromatic heterocycles. The molecule has 2 aliphatic carbocycles. The lowest BCUT2D eigenvalue weighted by Crippen LogP contribution is -1.89. The molecule has 0 aliphatic heterocycles. The highest BCUT2D eigenvalue weighted by Crippen LogP contribution is 2.57. The van der Waals surface area contributed by atoms with Gasteiger partial charge in [-0.05, 0) is 41.4 Å². The summed E-state index contributed by atoms with van der Waals surface area (Å²) in [5.41, 5.74) is 0.667. The molecule has 0 heteroatoms. The normalized spacial score (nSPS) is 37.5. The van der Waals surface area contributed by atoms with Crippen LogP contribution in [0.4, 0.5) is 0 Å². The molecule has 0 heterocycles. The highest BCUT2D eigenvalue weighted by molar-refractivity contribution is 4.99. The monoisotopic (exact) mass is 228 g/mol. The molecular formula is C16H36. The molecule has 4 unspecified atom stereocenters. The molecule has 0 spiro atoms. The molecule has 0 radical (unpaired) electrons. The lowest BCUT2D eigenvalue weighted by Gasteiger charge is -1.97. The summed E-state index contributed by atoms with van der Waals surface area (Å²) in [6, 6.07) is 0. The molecular weight excluding hydrogens is 192 g/mol. The minimum absolute atomic E-state index is 0. The van der Waals surface area contributed by atoms with Crippen molar-refractivity contribution in [3.05, 3.63) is 0 Å². The largest absolute Gasteiger partial charge is 0.0776 e. The van der Waals surface area contributed by atoms with Crippen molar-refractivity contribution in [1.82, 2.24) is 0 Å². The minimum atomic E-state index is 0. The van der Waals surface area contributed by atoms with Gasteiger partial charge >= 0.3 is 0 Å². The predicted molar refractivity (Wildman–Crippen MR) is 77.7 cm³/mol. The van der Waals surface area contributed by atoms with E-state index in [1.54, 1.807) is 0 Å². The molecule has 2 aliphatic rings. The Morgan fingerprint density at radius 3 is 1.19 bits per heavy atom. The van der Waals surface area contributed by atoms with Crippen molar-refractivity contribution < 1.29 is 0 Å². The van der Waals surface area contributed by atoms with Crippen LogP contribution in [-0.2, 0) is 0 Å². The van der Waals surface area contributed by atoms with Crippen LogP contribution in [0.25, 0.3) is 0 Å². The summed E-state index contributed by atoms with van der Waals surface area (Å²) in [5.74, 6) is 4.98. The smallest absolute Gasteiger partial charge is 0.0297 e. The predicted octanol–water partition coefficient (Wildman–Crippen LogP) is 5.87. The third-order valence-electron chi connectivity index (χ3n) is 5.02. The van der Waals surface area contributed by atoms with Crippen molar-refractivity contribution in [3.63, 3.8) is 0 Å². The Kier molecular flexibility index (Phi) is 6.97. The fourth-order valence-corrected chi connectivity index (χ4v) is 2.47. The second-order valence-electron chi connectivity index (χ2n) is 6.52. The van der Waals surface area contributed by atoms with Gasteiger partial charge in [0, 0.05) is 0 Å². The Morgan fingerprint density at radius 1 is 0.938 bits per heavy atom. The SMILES string of the molecule is C.C.CC(C)C1CC1C.CC1C(C)C1(C)C. The van der Waals surface area contributed by atoms with E-state index in [0.29, 0.717) is 5.41 Å². The summed E-state index contributed by atoms with van der Waals surface area (Å²) in [5, 5.41) is 0. The number of rotatable bonds is 1. The Labute approximate surface area is 105 Å². The number of hydrogen-bond acceptors (Lipinski definition) is 0. The van der Waals surface area contributed by atoms with Crippen LogP contribution in [0.3, 0.4) is 0 Å². The summed E-state index contributed by atoms with van der Waals surface area (Å²) in [6.07, 6.45) is 1.48. The molecule has 2 rings (SSSR count). The molecule has 0 saturated heterocycles. The van der Waals surface area contributed by atoms with Gasteiger partial charge in [-0.3, -0.25) is 0 Å². The molecule has 0 bridgehead atoms. The van der Waals surface area contributed by atoms with Crippen molar-refractivity contribution in [3.8, 4) is 0 Å². The standard InChI is InChI=1S/2C7H14.2CH4/c1-5-6(2)7(5,3)4;1-5(2)7-4-6(7)3;;/h5-6H,1-4H3;5-7H,4H2,1-3H3;2*1H4. The van der Waals surface area contributed by atoms with E-state index in [0.717, 1.165) is 29.6 Å². The minimum Gasteiger partial charge on any atom is -0.0776 e. The maximum Gasteiger partial charge on any atom is -0.0297 e. The maximum absolute atomic E-state index is 2.34. The van der Waals surface area contributed by atoms with Crippen LogP contribution < -0.4 is 0 Å². The zero-order valence-electron chi connectivity index (χ0n) is 11.1. The van der Waals surface area contributed by atoms with Crippen molar-refractivity contribution in [2.45, 2.75) is 69.7 Å². The molecule has 2 fully saturated rings. The average molecular weight is 228 g/mol. The Morgan fingerprint density at radius 2 is 1.19 bits per heavy atom. The van der Waals surface area contributed by atoms with Gasteiger partial charge in [0.25, 0.3) is 0 Å². The summed E-state index contributed by atoms with van der Waals surface area (Å²) in [4.78, 5) is 0. The van der Waals surface area contributed by atoms with E-state index in [-0.39, 0.29) is 14.9 Å². The van der Waals surface area contributed by atoms with Gasteiger partial charge in [-0.2, -0.15) is 0 Å². The first-order valence-corrected chi connectivity index (χ1v) is 6.28. The van der Waals surface area contributed by atoms with Crippen molar-refractivity contribution in [1.29, 1.82) is 0 Å². The summed E-state index contributed by atoms with van der Waals surface area (Å²) in [7, 11) is 0. The van der Waals surface area contributed by atoms with Crippen molar-refractivity contribution in [2.24, 2.45) is 35.0 Å². The second-order valence-corrected chi connectivity index (χ2v) is 6.52. The fraction of sp³-hybridized carbons (Fsp3) is 1.00. The summed E-state index contributed by atoms with van der Waals surface area (Å²) in [6.45, 7) is 16.3. The lowest BCUT2D eigenvalue weighted by molar-refractivity contribution is 0.530. The van der Waals surface area contributed by atoms with Crippen molar-refractivity contribution in [2.75, 3.05) is 0 Å². The van der Waals surface area contributed by atoms with Crippen LogP contribution in [-0.4, -0.2) is 0 Å². The van der Waals surface area contributed by atoms with Crippen molar-refractivity contribution >= 4 is 0 Å². The molecule has 2 saturated carbocycles. The summed E-state index contributed by atoms with van der Waals surface area (Å²) >= 11 is 0. The molecule has 0 nitrogen and oxygen atoms in total. The van der Waals surface area contributed by atoms with Gasteiger partial charge < -0.3 is 0 Å². The van der Waals surface area contributed by atoms with E-state index in [4.69, 9.17) is 0 Å². The first kappa shape index (κ1) is 18.4. The average Bonchev–Trinajstić information content (AvgIpc) is 2.90. The van der Waals surface area contributed by atoms with Gasteiger partial charge in [0.05, 0.1) is 0 Å². The van der Waals surface area contributed by atoms with E-state index in [2.05, 4.69) is 48.5 Å². The maximum atomic E-state index is 2.34. The Balaban J connectivity index is 0. The summed E-state index contributed by atoms with van der Waals surface area (Å²) < 4.78 is 0. The van der Waals surface area contributed by atoms with Gasteiger partial charge in [-0.1, -0.05) is 63.3 Å². The van der Waals surface area contributed by atoms with E-state index in [1.807, 2.05) is 0 Å².